The van der Waals surface area contributed by atoms with E-state index in [9.17, 15) is 24.9 Å². The number of likely N-dealkylation sites (tertiary alicyclic amines) is 2. The van der Waals surface area contributed by atoms with Crippen molar-refractivity contribution in [3.63, 3.8) is 0 Å². The number of benzene rings is 1. The van der Waals surface area contributed by atoms with Gasteiger partial charge in [-0.25, -0.2) is 4.79 Å². The van der Waals surface area contributed by atoms with E-state index in [1.54, 1.807) is 11.0 Å². The normalized spacial score (nSPS) is 19.8. The van der Waals surface area contributed by atoms with Crippen LogP contribution in [0.2, 0.25) is 0 Å². The highest BCUT2D eigenvalue weighted by Crippen LogP contribution is 2.26. The molecule has 3 rings (SSSR count). The first-order valence-corrected chi connectivity index (χ1v) is 12.2. The van der Waals surface area contributed by atoms with Crippen molar-refractivity contribution < 1.29 is 24.4 Å². The molecule has 0 spiro atoms. The van der Waals surface area contributed by atoms with Crippen LogP contribution in [-0.4, -0.2) is 82.7 Å². The molecule has 0 saturated carbocycles. The van der Waals surface area contributed by atoms with Gasteiger partial charge in [0.15, 0.2) is 0 Å². The van der Waals surface area contributed by atoms with Gasteiger partial charge in [-0.15, -0.1) is 0 Å². The van der Waals surface area contributed by atoms with E-state index in [1.165, 1.54) is 0 Å². The van der Waals surface area contributed by atoms with Crippen LogP contribution in [0.4, 0.5) is 4.79 Å². The van der Waals surface area contributed by atoms with Crippen LogP contribution in [0.25, 0.3) is 0 Å². The number of nitrogens with one attached hydrogen (secondary N) is 1. The van der Waals surface area contributed by atoms with Gasteiger partial charge in [0.25, 0.3) is 5.91 Å². The van der Waals surface area contributed by atoms with Crippen molar-refractivity contribution in [2.75, 3.05) is 26.2 Å². The van der Waals surface area contributed by atoms with Crippen LogP contribution in [-0.2, 0) is 16.0 Å². The van der Waals surface area contributed by atoms with E-state index in [0.29, 0.717) is 13.0 Å². The van der Waals surface area contributed by atoms with Crippen molar-refractivity contribution in [3.8, 4) is 6.07 Å². The van der Waals surface area contributed by atoms with Gasteiger partial charge in [-0.3, -0.25) is 9.69 Å². The number of alkyl carbamates (subject to hydrolysis) is 1. The highest BCUT2D eigenvalue weighted by atomic mass is 16.5. The number of carbonyl (C=O) groups is 2. The molecule has 10 heteroatoms. The average molecular weight is 482 g/mol. The summed E-state index contributed by atoms with van der Waals surface area (Å²) in [5.74, 6) is -1.29. The Morgan fingerprint density at radius 3 is 2.54 bits per heavy atom. The lowest BCUT2D eigenvalue weighted by molar-refractivity contribution is -0.128. The van der Waals surface area contributed by atoms with Crippen LogP contribution in [0, 0.1) is 11.3 Å². The van der Waals surface area contributed by atoms with E-state index in [2.05, 4.69) is 16.3 Å². The minimum Gasteiger partial charge on any atom is -0.447 e. The van der Waals surface area contributed by atoms with Crippen LogP contribution in [0.1, 0.15) is 45.1 Å². The van der Waals surface area contributed by atoms with Gasteiger partial charge in [-0.2, -0.15) is 5.26 Å². The number of amides is 2. The lowest BCUT2D eigenvalue weighted by atomic mass is 9.76. The van der Waals surface area contributed by atoms with Crippen molar-refractivity contribution in [2.24, 2.45) is 0 Å². The van der Waals surface area contributed by atoms with E-state index < -0.39 is 24.7 Å². The monoisotopic (exact) mass is 482 g/mol. The van der Waals surface area contributed by atoms with Gasteiger partial charge in [0.05, 0.1) is 12.0 Å². The molecule has 2 atom stereocenters. The number of rotatable bonds is 9. The Labute approximate surface area is 207 Å². The predicted octanol–water partition coefficient (Wildman–Crippen LogP) is 1.65. The number of hydrogen-bond donors (Lipinski definition) is 3. The number of nitrogens with zero attached hydrogens (tertiary/aromatic N) is 3. The molecule has 2 saturated heterocycles. The lowest BCUT2D eigenvalue weighted by Gasteiger charge is -2.33. The molecule has 0 aromatic heterocycles. The Bertz CT molecular complexity index is 941. The first-order valence-electron chi connectivity index (χ1n) is 12.2. The number of nitriles is 1. The van der Waals surface area contributed by atoms with Gasteiger partial charge in [-0.05, 0) is 70.7 Å². The van der Waals surface area contributed by atoms with Crippen molar-refractivity contribution >= 4 is 19.1 Å². The maximum Gasteiger partial charge on any atom is 0.475 e. The maximum absolute atomic E-state index is 13.2. The number of hydrogen-bond acceptors (Lipinski definition) is 7. The van der Waals surface area contributed by atoms with Gasteiger partial charge >= 0.3 is 13.2 Å². The Kier molecular flexibility index (Phi) is 9.32. The first-order chi connectivity index (χ1) is 16.7. The topological polar surface area (TPSA) is 126 Å². The highest BCUT2D eigenvalue weighted by Gasteiger charge is 2.35. The van der Waals surface area contributed by atoms with E-state index in [4.69, 9.17) is 4.74 Å². The fourth-order valence-corrected chi connectivity index (χ4v) is 4.77. The summed E-state index contributed by atoms with van der Waals surface area (Å²) in [5, 5.41) is 31.5. The molecular weight excluding hydrogens is 447 g/mol. The summed E-state index contributed by atoms with van der Waals surface area (Å²) in [5.41, 5.74) is 0.539. The number of ether oxygens (including phenoxy) is 1. The second kappa shape index (κ2) is 12.2. The zero-order valence-electron chi connectivity index (χ0n) is 20.5. The highest BCUT2D eigenvalue weighted by molar-refractivity contribution is 6.43. The largest absolute Gasteiger partial charge is 0.475 e. The molecule has 35 heavy (non-hydrogen) atoms. The van der Waals surface area contributed by atoms with Gasteiger partial charge in [0.2, 0.25) is 0 Å². The van der Waals surface area contributed by atoms with E-state index in [1.807, 2.05) is 44.2 Å². The molecule has 0 radical (unpaired) electrons. The minimum absolute atomic E-state index is 0.0363. The lowest BCUT2D eigenvalue weighted by Crippen LogP contribution is -2.49. The fourth-order valence-electron chi connectivity index (χ4n) is 4.77. The summed E-state index contributed by atoms with van der Waals surface area (Å²) >= 11 is 0. The molecule has 2 aliphatic rings. The summed E-state index contributed by atoms with van der Waals surface area (Å²) in [4.78, 5) is 29.4. The molecule has 188 valence electrons. The zero-order chi connectivity index (χ0) is 25.4. The molecular formula is C25H35BN4O5. The van der Waals surface area contributed by atoms with Gasteiger partial charge in [0.1, 0.15) is 18.2 Å². The minimum atomic E-state index is -1.76. The molecule has 0 aliphatic carbocycles. The zero-order valence-corrected chi connectivity index (χ0v) is 20.5. The molecule has 1 aromatic carbocycles. The smallest absolute Gasteiger partial charge is 0.447 e. The Hall–Kier alpha value is -2.87. The molecule has 1 aromatic rings. The van der Waals surface area contributed by atoms with Crippen LogP contribution in [0.5, 0.6) is 0 Å². The molecule has 2 heterocycles. The molecule has 2 amide bonds. The summed E-state index contributed by atoms with van der Waals surface area (Å²) in [6.45, 7) is 6.37. The van der Waals surface area contributed by atoms with Gasteiger partial charge in [-0.1, -0.05) is 30.3 Å². The Morgan fingerprint density at radius 2 is 1.91 bits per heavy atom. The number of carbonyl (C=O) groups excluding carboxylic acids is 2. The average Bonchev–Trinajstić information content (AvgIpc) is 3.54. The Balaban J connectivity index is 1.58. The van der Waals surface area contributed by atoms with Crippen LogP contribution in [0.15, 0.2) is 42.0 Å². The van der Waals surface area contributed by atoms with Gasteiger partial charge < -0.3 is 25.0 Å². The standard InChI is InChI=1S/C25H35BN4O5/c1-25(2,29-12-6-7-13-29)16-20(17-27)23(31)30-14-8-11-21(30)18-35-24(32)28-22(26(33)34)15-19-9-4-3-5-10-19/h3-5,9-10,16,21-22,33-34H,6-8,11-15,18H2,1-2H3,(H,28,32)/t21-,22+/m1/s1. The van der Waals surface area contributed by atoms with E-state index >= 15 is 0 Å². The first kappa shape index (κ1) is 26.7. The van der Waals surface area contributed by atoms with Gasteiger partial charge in [0, 0.05) is 12.1 Å². The van der Waals surface area contributed by atoms with Crippen LogP contribution >= 0.6 is 0 Å². The maximum atomic E-state index is 13.2. The third-order valence-electron chi connectivity index (χ3n) is 6.78. The van der Waals surface area contributed by atoms with Crippen LogP contribution < -0.4 is 5.32 Å². The molecule has 0 unspecified atom stereocenters. The van der Waals surface area contributed by atoms with Crippen LogP contribution in [0.3, 0.4) is 0 Å². The summed E-state index contributed by atoms with van der Waals surface area (Å²) < 4.78 is 5.34. The van der Waals surface area contributed by atoms with Crippen molar-refractivity contribution in [3.05, 3.63) is 47.5 Å². The molecule has 0 bridgehead atoms. The molecule has 2 aliphatic heterocycles. The molecule has 2 fully saturated rings. The van der Waals surface area contributed by atoms with Crippen molar-refractivity contribution in [1.29, 1.82) is 5.26 Å². The molecule has 3 N–H and O–H groups in total. The SMILES string of the molecule is CC(C)(C=C(C#N)C(=O)N1CCC[C@@H]1COC(=O)N[C@@H](Cc1ccccc1)B(O)O)N1CCCC1. The second-order valence-corrected chi connectivity index (χ2v) is 9.76. The second-order valence-electron chi connectivity index (χ2n) is 9.76. The molecule has 9 nitrogen and oxygen atoms in total. The quantitative estimate of drug-likeness (QED) is 0.278. The fraction of sp³-hybridized carbons (Fsp3) is 0.560. The summed E-state index contributed by atoms with van der Waals surface area (Å²) in [7, 11) is -1.76. The van der Waals surface area contributed by atoms with Crippen molar-refractivity contribution in [1.82, 2.24) is 15.1 Å². The van der Waals surface area contributed by atoms with E-state index in [-0.39, 0.29) is 30.5 Å². The third-order valence-corrected chi connectivity index (χ3v) is 6.78. The predicted molar refractivity (Wildman–Crippen MR) is 132 cm³/mol. The summed E-state index contributed by atoms with van der Waals surface area (Å²) in [6.07, 6.45) is 4.82. The Morgan fingerprint density at radius 1 is 1.23 bits per heavy atom. The summed E-state index contributed by atoms with van der Waals surface area (Å²) in [6, 6.07) is 10.9. The third kappa shape index (κ3) is 7.31. The van der Waals surface area contributed by atoms with Crippen molar-refractivity contribution in [2.45, 2.75) is 63.5 Å². The van der Waals surface area contributed by atoms with E-state index in [0.717, 1.165) is 37.9 Å².